The Hall–Kier alpha value is -0.0400. The summed E-state index contributed by atoms with van der Waals surface area (Å²) >= 11 is 0. The lowest BCUT2D eigenvalue weighted by Crippen LogP contribution is -2.32. The molecule has 72 valence electrons. The van der Waals surface area contributed by atoms with E-state index < -0.39 is 0 Å². The summed E-state index contributed by atoms with van der Waals surface area (Å²) in [6, 6.07) is 0.518. The maximum atomic E-state index is 6.20. The lowest BCUT2D eigenvalue weighted by atomic mass is 9.88. The predicted octanol–water partition coefficient (Wildman–Crippen LogP) is 2.94. The van der Waals surface area contributed by atoms with Gasteiger partial charge in [0.1, 0.15) is 0 Å². The van der Waals surface area contributed by atoms with E-state index in [0.29, 0.717) is 6.04 Å². The van der Waals surface area contributed by atoms with Crippen LogP contribution in [-0.4, -0.2) is 6.04 Å². The van der Waals surface area contributed by atoms with E-state index >= 15 is 0 Å². The smallest absolute Gasteiger partial charge is 0.00956 e. The van der Waals surface area contributed by atoms with Gasteiger partial charge in [-0.2, -0.15) is 0 Å². The summed E-state index contributed by atoms with van der Waals surface area (Å²) in [5.41, 5.74) is 6.20. The third kappa shape index (κ3) is 2.78. The molecule has 1 rings (SSSR count). The first-order valence-electron chi connectivity index (χ1n) is 5.55. The highest BCUT2D eigenvalue weighted by molar-refractivity contribution is 4.88. The Labute approximate surface area is 76.7 Å². The van der Waals surface area contributed by atoms with Crippen LogP contribution in [0.3, 0.4) is 0 Å². The highest BCUT2D eigenvalue weighted by Crippen LogP contribution is 2.37. The van der Waals surface area contributed by atoms with Gasteiger partial charge in [-0.1, -0.05) is 26.7 Å². The molecule has 1 atom stereocenters. The lowest BCUT2D eigenvalue weighted by molar-refractivity contribution is 0.335. The Balaban J connectivity index is 2.28. The van der Waals surface area contributed by atoms with Gasteiger partial charge in [-0.25, -0.2) is 0 Å². The Morgan fingerprint density at radius 3 is 2.00 bits per heavy atom. The standard InChI is InChI=1S/C11H23N/c1-3-5-9(6-4-2)11(12)10-7-8-10/h9-11H,3-8,12H2,1-2H3. The van der Waals surface area contributed by atoms with Crippen LogP contribution >= 0.6 is 0 Å². The molecule has 1 aliphatic carbocycles. The van der Waals surface area contributed by atoms with E-state index in [1.54, 1.807) is 0 Å². The van der Waals surface area contributed by atoms with Crippen molar-refractivity contribution in [2.24, 2.45) is 17.6 Å². The summed E-state index contributed by atoms with van der Waals surface area (Å²) in [5.74, 6) is 1.69. The summed E-state index contributed by atoms with van der Waals surface area (Å²) in [5, 5.41) is 0. The Bertz CT molecular complexity index is 112. The van der Waals surface area contributed by atoms with Crippen LogP contribution in [0.5, 0.6) is 0 Å². The van der Waals surface area contributed by atoms with Crippen molar-refractivity contribution < 1.29 is 0 Å². The van der Waals surface area contributed by atoms with Crippen LogP contribution in [0.1, 0.15) is 52.4 Å². The fourth-order valence-corrected chi connectivity index (χ4v) is 2.14. The van der Waals surface area contributed by atoms with Gasteiger partial charge >= 0.3 is 0 Å². The third-order valence-electron chi connectivity index (χ3n) is 3.03. The van der Waals surface area contributed by atoms with Crippen molar-refractivity contribution >= 4 is 0 Å². The molecule has 1 unspecified atom stereocenters. The third-order valence-corrected chi connectivity index (χ3v) is 3.03. The maximum Gasteiger partial charge on any atom is 0.00956 e. The maximum absolute atomic E-state index is 6.20. The van der Waals surface area contributed by atoms with Crippen LogP contribution in [0, 0.1) is 11.8 Å². The van der Waals surface area contributed by atoms with Crippen LogP contribution in [0.25, 0.3) is 0 Å². The number of hydrogen-bond acceptors (Lipinski definition) is 1. The van der Waals surface area contributed by atoms with Gasteiger partial charge in [-0.15, -0.1) is 0 Å². The Morgan fingerprint density at radius 2 is 1.67 bits per heavy atom. The largest absolute Gasteiger partial charge is 0.327 e. The van der Waals surface area contributed by atoms with Crippen molar-refractivity contribution in [3.8, 4) is 0 Å². The van der Waals surface area contributed by atoms with Crippen LogP contribution in [0.4, 0.5) is 0 Å². The second-order valence-electron chi connectivity index (χ2n) is 4.25. The highest BCUT2D eigenvalue weighted by atomic mass is 14.7. The lowest BCUT2D eigenvalue weighted by Gasteiger charge is -2.22. The predicted molar refractivity (Wildman–Crippen MR) is 54.0 cm³/mol. The summed E-state index contributed by atoms with van der Waals surface area (Å²) in [4.78, 5) is 0. The minimum Gasteiger partial charge on any atom is -0.327 e. The molecule has 0 radical (unpaired) electrons. The van der Waals surface area contributed by atoms with Crippen molar-refractivity contribution in [1.29, 1.82) is 0 Å². The van der Waals surface area contributed by atoms with Crippen molar-refractivity contribution in [3.05, 3.63) is 0 Å². The molecule has 0 aromatic carbocycles. The molecule has 0 saturated heterocycles. The fraction of sp³-hybridized carbons (Fsp3) is 1.00. The summed E-state index contributed by atoms with van der Waals surface area (Å²) in [6.45, 7) is 4.53. The van der Waals surface area contributed by atoms with E-state index in [1.807, 2.05) is 0 Å². The van der Waals surface area contributed by atoms with Gasteiger partial charge in [0.15, 0.2) is 0 Å². The van der Waals surface area contributed by atoms with E-state index in [2.05, 4.69) is 13.8 Å². The minimum absolute atomic E-state index is 0.518. The zero-order valence-corrected chi connectivity index (χ0v) is 8.55. The molecular formula is C11H23N. The van der Waals surface area contributed by atoms with E-state index in [-0.39, 0.29) is 0 Å². The molecular weight excluding hydrogens is 146 g/mol. The summed E-state index contributed by atoms with van der Waals surface area (Å²) in [6.07, 6.45) is 8.06. The fourth-order valence-electron chi connectivity index (χ4n) is 2.14. The zero-order valence-electron chi connectivity index (χ0n) is 8.55. The quantitative estimate of drug-likeness (QED) is 0.650. The molecule has 0 aliphatic heterocycles. The van der Waals surface area contributed by atoms with E-state index in [9.17, 15) is 0 Å². The minimum atomic E-state index is 0.518. The topological polar surface area (TPSA) is 26.0 Å². The van der Waals surface area contributed by atoms with Crippen molar-refractivity contribution in [2.75, 3.05) is 0 Å². The first-order valence-corrected chi connectivity index (χ1v) is 5.55. The van der Waals surface area contributed by atoms with Crippen molar-refractivity contribution in [2.45, 2.75) is 58.4 Å². The van der Waals surface area contributed by atoms with E-state index in [0.717, 1.165) is 11.8 Å². The molecule has 1 aliphatic rings. The molecule has 1 heteroatoms. The first-order chi connectivity index (χ1) is 5.79. The molecule has 1 nitrogen and oxygen atoms in total. The first kappa shape index (κ1) is 10.0. The van der Waals surface area contributed by atoms with Crippen LogP contribution in [-0.2, 0) is 0 Å². The van der Waals surface area contributed by atoms with Gasteiger partial charge < -0.3 is 5.73 Å². The molecule has 0 aromatic rings. The highest BCUT2D eigenvalue weighted by Gasteiger charge is 2.32. The molecule has 0 aromatic heterocycles. The number of hydrogen-bond donors (Lipinski definition) is 1. The van der Waals surface area contributed by atoms with Gasteiger partial charge in [0, 0.05) is 6.04 Å². The van der Waals surface area contributed by atoms with Crippen LogP contribution < -0.4 is 5.73 Å². The molecule has 0 spiro atoms. The Kier molecular flexibility index (Phi) is 4.07. The Morgan fingerprint density at radius 1 is 1.17 bits per heavy atom. The molecule has 0 amide bonds. The number of nitrogens with two attached hydrogens (primary N) is 1. The van der Waals surface area contributed by atoms with Crippen molar-refractivity contribution in [3.63, 3.8) is 0 Å². The molecule has 2 N–H and O–H groups in total. The average molecular weight is 169 g/mol. The second-order valence-corrected chi connectivity index (χ2v) is 4.25. The molecule has 12 heavy (non-hydrogen) atoms. The van der Waals surface area contributed by atoms with Gasteiger partial charge in [0.25, 0.3) is 0 Å². The normalized spacial score (nSPS) is 20.0. The second kappa shape index (κ2) is 4.86. The van der Waals surface area contributed by atoms with E-state index in [1.165, 1.54) is 38.5 Å². The SMILES string of the molecule is CCCC(CCC)C(N)C1CC1. The molecule has 1 saturated carbocycles. The molecule has 0 heterocycles. The molecule has 0 bridgehead atoms. The summed E-state index contributed by atoms with van der Waals surface area (Å²) < 4.78 is 0. The van der Waals surface area contributed by atoms with Gasteiger partial charge in [-0.3, -0.25) is 0 Å². The van der Waals surface area contributed by atoms with Gasteiger partial charge in [-0.05, 0) is 37.5 Å². The average Bonchev–Trinajstić information content (AvgIpc) is 2.85. The summed E-state index contributed by atoms with van der Waals surface area (Å²) in [7, 11) is 0. The van der Waals surface area contributed by atoms with Gasteiger partial charge in [0.2, 0.25) is 0 Å². The zero-order chi connectivity index (χ0) is 8.97. The van der Waals surface area contributed by atoms with Gasteiger partial charge in [0.05, 0.1) is 0 Å². The van der Waals surface area contributed by atoms with Crippen LogP contribution in [0.2, 0.25) is 0 Å². The van der Waals surface area contributed by atoms with Crippen LogP contribution in [0.15, 0.2) is 0 Å². The number of rotatable bonds is 6. The van der Waals surface area contributed by atoms with Crippen molar-refractivity contribution in [1.82, 2.24) is 0 Å². The monoisotopic (exact) mass is 169 g/mol. The van der Waals surface area contributed by atoms with E-state index in [4.69, 9.17) is 5.73 Å². The molecule has 1 fully saturated rings.